The predicted octanol–water partition coefficient (Wildman–Crippen LogP) is 4.19. The summed E-state index contributed by atoms with van der Waals surface area (Å²) >= 11 is 0. The van der Waals surface area contributed by atoms with E-state index >= 15 is 0 Å². The van der Waals surface area contributed by atoms with E-state index in [4.69, 9.17) is 10.5 Å². The lowest BCUT2D eigenvalue weighted by Crippen LogP contribution is -2.05. The van der Waals surface area contributed by atoms with E-state index in [1.807, 2.05) is 0 Å². The van der Waals surface area contributed by atoms with Gasteiger partial charge in [-0.1, -0.05) is 12.1 Å². The molecule has 2 aromatic rings. The second kappa shape index (κ2) is 5.69. The minimum atomic E-state index is -2.23. The van der Waals surface area contributed by atoms with Crippen molar-refractivity contribution in [1.29, 1.82) is 0 Å². The van der Waals surface area contributed by atoms with Crippen LogP contribution in [0, 0.1) is 29.1 Å². The van der Waals surface area contributed by atoms with Crippen molar-refractivity contribution in [1.82, 2.24) is 0 Å². The van der Waals surface area contributed by atoms with Crippen LogP contribution >= 0.6 is 0 Å². The van der Waals surface area contributed by atoms with E-state index < -0.39 is 34.8 Å². The maximum atomic E-state index is 13.4. The molecule has 0 aliphatic rings. The van der Waals surface area contributed by atoms with Crippen molar-refractivity contribution in [3.63, 3.8) is 0 Å². The number of ether oxygens (including phenoxy) is 1. The molecule has 7 heteroatoms. The van der Waals surface area contributed by atoms with Crippen molar-refractivity contribution in [2.75, 3.05) is 0 Å². The van der Waals surface area contributed by atoms with Gasteiger partial charge in [-0.05, 0) is 24.6 Å². The number of nitrogens with two attached hydrogens (primary N) is 1. The van der Waals surface area contributed by atoms with Gasteiger partial charge in [0.05, 0.1) is 0 Å². The smallest absolute Gasteiger partial charge is 0.207 e. The van der Waals surface area contributed by atoms with Gasteiger partial charge in [0, 0.05) is 6.04 Å². The van der Waals surface area contributed by atoms with Gasteiger partial charge >= 0.3 is 0 Å². The number of rotatable bonds is 3. The lowest BCUT2D eigenvalue weighted by atomic mass is 10.1. The Bertz CT molecular complexity index is 641. The highest BCUT2D eigenvalue weighted by Crippen LogP contribution is 2.32. The van der Waals surface area contributed by atoms with Crippen molar-refractivity contribution in [2.45, 2.75) is 13.0 Å². The highest BCUT2D eigenvalue weighted by atomic mass is 19.2. The third-order valence-electron chi connectivity index (χ3n) is 2.80. The zero-order chi connectivity index (χ0) is 15.7. The van der Waals surface area contributed by atoms with Gasteiger partial charge in [-0.15, -0.1) is 0 Å². The van der Waals surface area contributed by atoms with Gasteiger partial charge in [0.15, 0.2) is 0 Å². The van der Waals surface area contributed by atoms with Crippen molar-refractivity contribution < 1.29 is 26.7 Å². The third kappa shape index (κ3) is 2.82. The summed E-state index contributed by atoms with van der Waals surface area (Å²) in [5.74, 6) is -11.8. The summed E-state index contributed by atoms with van der Waals surface area (Å²) in [6, 6.07) is 5.40. The fourth-order valence-electron chi connectivity index (χ4n) is 1.63. The highest BCUT2D eigenvalue weighted by molar-refractivity contribution is 5.36. The molecule has 2 rings (SSSR count). The second-order valence-electron chi connectivity index (χ2n) is 4.36. The van der Waals surface area contributed by atoms with E-state index in [0.717, 1.165) is 5.56 Å². The molecule has 0 bridgehead atoms. The molecule has 0 fully saturated rings. The molecule has 2 nitrogen and oxygen atoms in total. The first-order valence-electron chi connectivity index (χ1n) is 5.87. The van der Waals surface area contributed by atoms with Gasteiger partial charge in [0.25, 0.3) is 0 Å². The van der Waals surface area contributed by atoms with Gasteiger partial charge in [-0.25, -0.2) is 13.2 Å². The molecule has 0 aliphatic heterocycles. The molecule has 0 aliphatic carbocycles. The average molecular weight is 303 g/mol. The largest absolute Gasteiger partial charge is 0.451 e. The van der Waals surface area contributed by atoms with E-state index in [1.165, 1.54) is 24.3 Å². The average Bonchev–Trinajstić information content (AvgIpc) is 2.48. The van der Waals surface area contributed by atoms with Gasteiger partial charge in [0.2, 0.25) is 34.8 Å². The van der Waals surface area contributed by atoms with Crippen LogP contribution in [0.15, 0.2) is 24.3 Å². The molecule has 2 aromatic carbocycles. The number of hydrogen-bond donors (Lipinski definition) is 1. The van der Waals surface area contributed by atoms with E-state index in [1.54, 1.807) is 6.92 Å². The molecule has 21 heavy (non-hydrogen) atoms. The highest BCUT2D eigenvalue weighted by Gasteiger charge is 2.27. The van der Waals surface area contributed by atoms with Crippen LogP contribution in [0.25, 0.3) is 0 Å². The van der Waals surface area contributed by atoms with Crippen LogP contribution in [-0.4, -0.2) is 0 Å². The molecule has 2 N–H and O–H groups in total. The first-order valence-corrected chi connectivity index (χ1v) is 5.87. The summed E-state index contributed by atoms with van der Waals surface area (Å²) in [6.45, 7) is 1.72. The molecule has 1 unspecified atom stereocenters. The summed E-state index contributed by atoms with van der Waals surface area (Å²) in [4.78, 5) is 0. The van der Waals surface area contributed by atoms with Crippen LogP contribution in [0.1, 0.15) is 18.5 Å². The Morgan fingerprint density at radius 1 is 0.810 bits per heavy atom. The van der Waals surface area contributed by atoms with Gasteiger partial charge < -0.3 is 10.5 Å². The first-order chi connectivity index (χ1) is 9.82. The van der Waals surface area contributed by atoms with E-state index in [2.05, 4.69) is 0 Å². The summed E-state index contributed by atoms with van der Waals surface area (Å²) in [5, 5.41) is 0. The maximum Gasteiger partial charge on any atom is 0.207 e. The van der Waals surface area contributed by atoms with Gasteiger partial charge in [-0.3, -0.25) is 0 Å². The summed E-state index contributed by atoms with van der Waals surface area (Å²) in [6.07, 6.45) is 0. The lowest BCUT2D eigenvalue weighted by Gasteiger charge is -2.11. The quantitative estimate of drug-likeness (QED) is 0.524. The Morgan fingerprint density at radius 3 is 1.67 bits per heavy atom. The lowest BCUT2D eigenvalue weighted by molar-refractivity contribution is 0.332. The summed E-state index contributed by atoms with van der Waals surface area (Å²) in [5.41, 5.74) is 6.34. The van der Waals surface area contributed by atoms with E-state index in [9.17, 15) is 22.0 Å². The molecule has 0 radical (unpaired) electrons. The molecule has 1 atom stereocenters. The second-order valence-corrected chi connectivity index (χ2v) is 4.36. The fourth-order valence-corrected chi connectivity index (χ4v) is 1.63. The molecular formula is C14H10F5NO. The summed E-state index contributed by atoms with van der Waals surface area (Å²) < 4.78 is 70.5. The summed E-state index contributed by atoms with van der Waals surface area (Å²) in [7, 11) is 0. The normalized spacial score (nSPS) is 12.3. The van der Waals surface area contributed by atoms with Crippen LogP contribution in [-0.2, 0) is 0 Å². The van der Waals surface area contributed by atoms with Crippen LogP contribution in [0.3, 0.4) is 0 Å². The van der Waals surface area contributed by atoms with Crippen molar-refractivity contribution in [3.05, 3.63) is 58.9 Å². The molecule has 0 spiro atoms. The van der Waals surface area contributed by atoms with Crippen molar-refractivity contribution in [3.8, 4) is 11.5 Å². The Labute approximate surface area is 116 Å². The maximum absolute atomic E-state index is 13.4. The fraction of sp³-hybridized carbons (Fsp3) is 0.143. The molecule has 0 aromatic heterocycles. The van der Waals surface area contributed by atoms with E-state index in [-0.39, 0.29) is 11.8 Å². The van der Waals surface area contributed by atoms with Crippen LogP contribution in [0.4, 0.5) is 22.0 Å². The topological polar surface area (TPSA) is 35.2 Å². The van der Waals surface area contributed by atoms with Crippen LogP contribution in [0.2, 0.25) is 0 Å². The minimum absolute atomic E-state index is 0.0809. The minimum Gasteiger partial charge on any atom is -0.451 e. The van der Waals surface area contributed by atoms with Gasteiger partial charge in [0.1, 0.15) is 5.75 Å². The van der Waals surface area contributed by atoms with Crippen LogP contribution < -0.4 is 10.5 Å². The molecule has 0 saturated heterocycles. The van der Waals surface area contributed by atoms with Crippen LogP contribution in [0.5, 0.6) is 11.5 Å². The van der Waals surface area contributed by atoms with E-state index in [0.29, 0.717) is 0 Å². The SMILES string of the molecule is CC(N)c1ccc(Oc2c(F)c(F)c(F)c(F)c2F)cc1. The zero-order valence-electron chi connectivity index (χ0n) is 10.8. The Kier molecular flexibility index (Phi) is 4.13. The first kappa shape index (κ1) is 15.2. The standard InChI is InChI=1S/C14H10F5NO/c1-6(20)7-2-4-8(5-3-7)21-14-12(18)10(16)9(15)11(17)13(14)19/h2-6H,20H2,1H3. The number of halogens is 5. The molecule has 0 heterocycles. The Hall–Kier alpha value is -2.15. The third-order valence-corrected chi connectivity index (χ3v) is 2.80. The molecular weight excluding hydrogens is 293 g/mol. The van der Waals surface area contributed by atoms with Crippen molar-refractivity contribution >= 4 is 0 Å². The molecule has 112 valence electrons. The van der Waals surface area contributed by atoms with Gasteiger partial charge in [-0.2, -0.15) is 8.78 Å². The molecule has 0 saturated carbocycles. The molecule has 0 amide bonds. The Balaban J connectivity index is 2.40. The monoisotopic (exact) mass is 303 g/mol. The number of hydrogen-bond acceptors (Lipinski definition) is 2. The Morgan fingerprint density at radius 2 is 1.24 bits per heavy atom. The number of benzene rings is 2. The van der Waals surface area contributed by atoms with Crippen molar-refractivity contribution in [2.24, 2.45) is 5.73 Å². The predicted molar refractivity (Wildman–Crippen MR) is 65.4 cm³/mol. The zero-order valence-corrected chi connectivity index (χ0v) is 10.8.